The van der Waals surface area contributed by atoms with Gasteiger partial charge in [0.2, 0.25) is 0 Å². The van der Waals surface area contributed by atoms with Gasteiger partial charge in [0, 0.05) is 16.7 Å². The summed E-state index contributed by atoms with van der Waals surface area (Å²) in [5.41, 5.74) is 2.58. The van der Waals surface area contributed by atoms with Gasteiger partial charge in [-0.1, -0.05) is 22.0 Å². The Morgan fingerprint density at radius 1 is 1.26 bits per heavy atom. The molecule has 0 amide bonds. The highest BCUT2D eigenvalue weighted by molar-refractivity contribution is 9.10. The molecule has 3 aromatic rings. The SMILES string of the molecule is CCn1cnc2c(Nc3cccc(Br)c3)ncnc21. The average Bonchev–Trinajstić information content (AvgIpc) is 2.83. The first-order valence-electron chi connectivity index (χ1n) is 5.96. The van der Waals surface area contributed by atoms with Crippen LogP contribution in [-0.2, 0) is 6.54 Å². The lowest BCUT2D eigenvalue weighted by Gasteiger charge is -2.06. The number of benzene rings is 1. The van der Waals surface area contributed by atoms with Gasteiger partial charge in [0.1, 0.15) is 6.33 Å². The lowest BCUT2D eigenvalue weighted by atomic mass is 10.3. The molecule has 2 aromatic heterocycles. The minimum atomic E-state index is 0.718. The second-order valence-corrected chi connectivity index (χ2v) is 4.98. The van der Waals surface area contributed by atoms with Crippen LogP contribution in [0.2, 0.25) is 0 Å². The Morgan fingerprint density at radius 3 is 2.95 bits per heavy atom. The van der Waals surface area contributed by atoms with E-state index in [4.69, 9.17) is 0 Å². The van der Waals surface area contributed by atoms with Gasteiger partial charge in [-0.2, -0.15) is 0 Å². The molecule has 1 aromatic carbocycles. The quantitative estimate of drug-likeness (QED) is 0.804. The number of nitrogens with zero attached hydrogens (tertiary/aromatic N) is 4. The van der Waals surface area contributed by atoms with Crippen molar-refractivity contribution in [1.82, 2.24) is 19.5 Å². The lowest BCUT2D eigenvalue weighted by molar-refractivity contribution is 0.777. The summed E-state index contributed by atoms with van der Waals surface area (Å²) in [4.78, 5) is 12.9. The van der Waals surface area contributed by atoms with E-state index in [9.17, 15) is 0 Å². The normalized spacial score (nSPS) is 10.8. The van der Waals surface area contributed by atoms with Crippen molar-refractivity contribution in [3.8, 4) is 0 Å². The van der Waals surface area contributed by atoms with Crippen LogP contribution in [0.15, 0.2) is 41.4 Å². The number of halogens is 1. The molecule has 0 aliphatic heterocycles. The minimum Gasteiger partial charge on any atom is -0.338 e. The molecular formula is C13H12BrN5. The van der Waals surface area contributed by atoms with Gasteiger partial charge >= 0.3 is 0 Å². The topological polar surface area (TPSA) is 55.6 Å². The molecule has 0 aliphatic carbocycles. The summed E-state index contributed by atoms with van der Waals surface area (Å²) in [6.45, 7) is 2.90. The van der Waals surface area contributed by atoms with Crippen LogP contribution in [0.25, 0.3) is 11.2 Å². The molecular weight excluding hydrogens is 306 g/mol. The summed E-state index contributed by atoms with van der Waals surface area (Å²) in [7, 11) is 0. The van der Waals surface area contributed by atoms with Crippen molar-refractivity contribution in [1.29, 1.82) is 0 Å². The maximum Gasteiger partial charge on any atom is 0.165 e. The molecule has 1 N–H and O–H groups in total. The number of anilines is 2. The van der Waals surface area contributed by atoms with Crippen molar-refractivity contribution in [3.05, 3.63) is 41.4 Å². The molecule has 2 heterocycles. The Morgan fingerprint density at radius 2 is 2.16 bits per heavy atom. The smallest absolute Gasteiger partial charge is 0.165 e. The van der Waals surface area contributed by atoms with Crippen LogP contribution in [0.3, 0.4) is 0 Å². The third-order valence-corrected chi connectivity index (χ3v) is 3.32. The van der Waals surface area contributed by atoms with Gasteiger partial charge in [-0.25, -0.2) is 15.0 Å². The summed E-state index contributed by atoms with van der Waals surface area (Å²) in [6, 6.07) is 7.92. The first kappa shape index (κ1) is 12.1. The van der Waals surface area contributed by atoms with E-state index in [1.807, 2.05) is 28.8 Å². The molecule has 0 atom stereocenters. The highest BCUT2D eigenvalue weighted by Gasteiger charge is 2.09. The Bertz CT molecular complexity index is 722. The standard InChI is InChI=1S/C13H12BrN5/c1-2-19-8-17-11-12(15-7-16-13(11)19)18-10-5-3-4-9(14)6-10/h3-8H,2H2,1H3,(H,15,16,18). The van der Waals surface area contributed by atoms with Crippen molar-refractivity contribution in [2.24, 2.45) is 0 Å². The Kier molecular flexibility index (Phi) is 3.16. The first-order valence-corrected chi connectivity index (χ1v) is 6.75. The van der Waals surface area contributed by atoms with Crippen LogP contribution in [0.4, 0.5) is 11.5 Å². The number of hydrogen-bond acceptors (Lipinski definition) is 4. The molecule has 0 bridgehead atoms. The predicted molar refractivity (Wildman–Crippen MR) is 78.4 cm³/mol. The van der Waals surface area contributed by atoms with Crippen LogP contribution < -0.4 is 5.32 Å². The molecule has 96 valence electrons. The predicted octanol–water partition coefficient (Wildman–Crippen LogP) is 3.35. The molecule has 0 saturated heterocycles. The summed E-state index contributed by atoms with van der Waals surface area (Å²) in [5.74, 6) is 0.718. The van der Waals surface area contributed by atoms with Gasteiger partial charge in [-0.15, -0.1) is 0 Å². The largest absolute Gasteiger partial charge is 0.338 e. The molecule has 0 spiro atoms. The number of rotatable bonds is 3. The van der Waals surface area contributed by atoms with Crippen LogP contribution in [0, 0.1) is 0 Å². The van der Waals surface area contributed by atoms with E-state index in [2.05, 4.69) is 43.1 Å². The molecule has 5 nitrogen and oxygen atoms in total. The van der Waals surface area contributed by atoms with Gasteiger partial charge in [-0.3, -0.25) is 0 Å². The number of imidazole rings is 1. The number of nitrogens with one attached hydrogen (secondary N) is 1. The van der Waals surface area contributed by atoms with Crippen molar-refractivity contribution >= 4 is 38.6 Å². The van der Waals surface area contributed by atoms with Crippen LogP contribution in [-0.4, -0.2) is 19.5 Å². The van der Waals surface area contributed by atoms with Crippen LogP contribution >= 0.6 is 15.9 Å². The van der Waals surface area contributed by atoms with E-state index in [0.29, 0.717) is 0 Å². The van der Waals surface area contributed by atoms with Gasteiger partial charge in [0.25, 0.3) is 0 Å². The second-order valence-electron chi connectivity index (χ2n) is 4.06. The van der Waals surface area contributed by atoms with Gasteiger partial charge < -0.3 is 9.88 Å². The zero-order valence-electron chi connectivity index (χ0n) is 10.3. The zero-order valence-corrected chi connectivity index (χ0v) is 11.9. The Labute approximate surface area is 118 Å². The number of fused-ring (bicyclic) bond motifs is 1. The maximum atomic E-state index is 4.37. The molecule has 0 aliphatic rings. The van der Waals surface area contributed by atoms with Crippen LogP contribution in [0.5, 0.6) is 0 Å². The third-order valence-electron chi connectivity index (χ3n) is 2.83. The van der Waals surface area contributed by atoms with E-state index >= 15 is 0 Å². The van der Waals surface area contributed by atoms with Crippen molar-refractivity contribution in [2.75, 3.05) is 5.32 Å². The van der Waals surface area contributed by atoms with E-state index in [1.165, 1.54) is 0 Å². The molecule has 0 saturated carbocycles. The minimum absolute atomic E-state index is 0.718. The molecule has 19 heavy (non-hydrogen) atoms. The van der Waals surface area contributed by atoms with E-state index < -0.39 is 0 Å². The zero-order chi connectivity index (χ0) is 13.2. The summed E-state index contributed by atoms with van der Waals surface area (Å²) in [6.07, 6.45) is 3.34. The highest BCUT2D eigenvalue weighted by Crippen LogP contribution is 2.23. The number of aryl methyl sites for hydroxylation is 1. The average molecular weight is 318 g/mol. The van der Waals surface area contributed by atoms with Gasteiger partial charge in [0.05, 0.1) is 6.33 Å². The molecule has 0 fully saturated rings. The fraction of sp³-hybridized carbons (Fsp3) is 0.154. The van der Waals surface area contributed by atoms with Crippen molar-refractivity contribution < 1.29 is 0 Å². The second kappa shape index (κ2) is 4.97. The van der Waals surface area contributed by atoms with E-state index in [1.54, 1.807) is 12.7 Å². The highest BCUT2D eigenvalue weighted by atomic mass is 79.9. The van der Waals surface area contributed by atoms with E-state index in [-0.39, 0.29) is 0 Å². The van der Waals surface area contributed by atoms with Gasteiger partial charge in [-0.05, 0) is 25.1 Å². The van der Waals surface area contributed by atoms with Crippen molar-refractivity contribution in [3.63, 3.8) is 0 Å². The van der Waals surface area contributed by atoms with Crippen LogP contribution in [0.1, 0.15) is 6.92 Å². The molecule has 0 radical (unpaired) electrons. The fourth-order valence-corrected chi connectivity index (χ4v) is 2.31. The Balaban J connectivity index is 2.03. The first-order chi connectivity index (χ1) is 9.28. The maximum absolute atomic E-state index is 4.37. The lowest BCUT2D eigenvalue weighted by Crippen LogP contribution is -1.98. The fourth-order valence-electron chi connectivity index (χ4n) is 1.91. The number of aromatic nitrogens is 4. The number of hydrogen-bond donors (Lipinski definition) is 1. The van der Waals surface area contributed by atoms with E-state index in [0.717, 1.165) is 33.7 Å². The third kappa shape index (κ3) is 2.31. The molecule has 0 unspecified atom stereocenters. The summed E-state index contributed by atoms with van der Waals surface area (Å²) in [5, 5.41) is 3.27. The molecule has 3 rings (SSSR count). The monoisotopic (exact) mass is 317 g/mol. The van der Waals surface area contributed by atoms with Crippen molar-refractivity contribution in [2.45, 2.75) is 13.5 Å². The van der Waals surface area contributed by atoms with Gasteiger partial charge in [0.15, 0.2) is 17.0 Å². The summed E-state index contributed by atoms with van der Waals surface area (Å²) < 4.78 is 3.00. The Hall–Kier alpha value is -1.95. The molecule has 6 heteroatoms. The summed E-state index contributed by atoms with van der Waals surface area (Å²) >= 11 is 3.45.